The summed E-state index contributed by atoms with van der Waals surface area (Å²) in [6.45, 7) is 9.47. The number of hydrogen-bond donors (Lipinski definition) is 2. The first-order valence-electron chi connectivity index (χ1n) is 6.43. The summed E-state index contributed by atoms with van der Waals surface area (Å²) < 4.78 is 5.18. The molecule has 0 bridgehead atoms. The molecule has 1 amide bonds. The Labute approximate surface area is 115 Å². The van der Waals surface area contributed by atoms with Crippen molar-refractivity contribution in [3.8, 4) is 0 Å². The average molecular weight is 264 g/mol. The van der Waals surface area contributed by atoms with Crippen molar-refractivity contribution in [1.82, 2.24) is 0 Å². The van der Waals surface area contributed by atoms with Crippen LogP contribution in [0.25, 0.3) is 0 Å². The lowest BCUT2D eigenvalue weighted by molar-refractivity contribution is 0.0636. The smallest absolute Gasteiger partial charge is 0.412 e. The van der Waals surface area contributed by atoms with Crippen molar-refractivity contribution in [2.45, 2.75) is 52.2 Å². The minimum Gasteiger partial charge on any atom is -0.444 e. The van der Waals surface area contributed by atoms with Gasteiger partial charge in [0.25, 0.3) is 0 Å². The van der Waals surface area contributed by atoms with Crippen LogP contribution in [0.2, 0.25) is 0 Å². The minimum atomic E-state index is -0.492. The number of benzene rings is 1. The molecule has 1 rings (SSSR count). The van der Waals surface area contributed by atoms with E-state index in [0.29, 0.717) is 5.69 Å². The topological polar surface area (TPSA) is 64.3 Å². The lowest BCUT2D eigenvalue weighted by Crippen LogP contribution is -2.34. The summed E-state index contributed by atoms with van der Waals surface area (Å²) in [7, 11) is 0. The molecule has 0 heterocycles. The Morgan fingerprint density at radius 3 is 2.11 bits per heavy atom. The molecule has 0 radical (unpaired) electrons. The normalized spacial score (nSPS) is 12.1. The maximum absolute atomic E-state index is 11.6. The van der Waals surface area contributed by atoms with E-state index in [-0.39, 0.29) is 5.54 Å². The van der Waals surface area contributed by atoms with Crippen LogP contribution in [-0.2, 0) is 11.2 Å². The van der Waals surface area contributed by atoms with Crippen LogP contribution in [0.5, 0.6) is 0 Å². The molecule has 0 fully saturated rings. The van der Waals surface area contributed by atoms with E-state index in [0.717, 1.165) is 12.0 Å². The van der Waals surface area contributed by atoms with Gasteiger partial charge < -0.3 is 10.5 Å². The van der Waals surface area contributed by atoms with Crippen molar-refractivity contribution in [3.63, 3.8) is 0 Å². The summed E-state index contributed by atoms with van der Waals surface area (Å²) in [6, 6.07) is 7.62. The second-order valence-corrected chi connectivity index (χ2v) is 6.49. The predicted molar refractivity (Wildman–Crippen MR) is 78.3 cm³/mol. The van der Waals surface area contributed by atoms with E-state index < -0.39 is 11.7 Å². The molecule has 0 aliphatic heterocycles. The molecule has 4 nitrogen and oxygen atoms in total. The molecule has 0 spiro atoms. The molecule has 1 aromatic rings. The third kappa shape index (κ3) is 6.82. The van der Waals surface area contributed by atoms with Crippen LogP contribution in [0.15, 0.2) is 24.3 Å². The van der Waals surface area contributed by atoms with E-state index >= 15 is 0 Å². The third-order valence-corrected chi connectivity index (χ3v) is 2.26. The number of carbonyl (C=O) groups excluding carboxylic acids is 1. The van der Waals surface area contributed by atoms with Gasteiger partial charge in [0.15, 0.2) is 0 Å². The standard InChI is InChI=1S/C15H24N2O2/c1-14(2,3)19-13(18)17-12-8-6-11(7-9-12)10-15(4,5)16/h6-9H,10,16H2,1-5H3,(H,17,18). The highest BCUT2D eigenvalue weighted by Gasteiger charge is 2.16. The molecule has 0 aromatic heterocycles. The van der Waals surface area contributed by atoms with Gasteiger partial charge in [-0.05, 0) is 58.7 Å². The van der Waals surface area contributed by atoms with Gasteiger partial charge in [0, 0.05) is 11.2 Å². The molecule has 0 aliphatic carbocycles. The van der Waals surface area contributed by atoms with Crippen LogP contribution < -0.4 is 11.1 Å². The lowest BCUT2D eigenvalue weighted by atomic mass is 9.96. The Morgan fingerprint density at radius 1 is 1.16 bits per heavy atom. The van der Waals surface area contributed by atoms with Gasteiger partial charge in [-0.2, -0.15) is 0 Å². The van der Waals surface area contributed by atoms with Crippen molar-refractivity contribution in [3.05, 3.63) is 29.8 Å². The number of carbonyl (C=O) groups is 1. The Kier molecular flexibility index (Phi) is 4.58. The van der Waals surface area contributed by atoms with Gasteiger partial charge >= 0.3 is 6.09 Å². The van der Waals surface area contributed by atoms with E-state index in [4.69, 9.17) is 10.5 Å². The van der Waals surface area contributed by atoms with Gasteiger partial charge in [-0.3, -0.25) is 5.32 Å². The summed E-state index contributed by atoms with van der Waals surface area (Å²) in [5.41, 5.74) is 7.09. The molecular formula is C15H24N2O2. The van der Waals surface area contributed by atoms with E-state index in [2.05, 4.69) is 5.32 Å². The molecule has 0 aliphatic rings. The maximum atomic E-state index is 11.6. The predicted octanol–water partition coefficient (Wildman–Crippen LogP) is 3.31. The lowest BCUT2D eigenvalue weighted by Gasteiger charge is -2.20. The molecular weight excluding hydrogens is 240 g/mol. The van der Waals surface area contributed by atoms with Gasteiger partial charge in [-0.1, -0.05) is 12.1 Å². The quantitative estimate of drug-likeness (QED) is 0.880. The Morgan fingerprint density at radius 2 is 1.68 bits per heavy atom. The maximum Gasteiger partial charge on any atom is 0.412 e. The SMILES string of the molecule is CC(C)(N)Cc1ccc(NC(=O)OC(C)(C)C)cc1. The fourth-order valence-electron chi connectivity index (χ4n) is 1.65. The largest absolute Gasteiger partial charge is 0.444 e. The zero-order valence-electron chi connectivity index (χ0n) is 12.4. The number of nitrogens with two attached hydrogens (primary N) is 1. The van der Waals surface area contributed by atoms with Crippen molar-refractivity contribution in [1.29, 1.82) is 0 Å². The zero-order valence-corrected chi connectivity index (χ0v) is 12.4. The number of ether oxygens (including phenoxy) is 1. The summed E-state index contributed by atoms with van der Waals surface area (Å²) in [5, 5.41) is 2.70. The van der Waals surface area contributed by atoms with Gasteiger partial charge in [-0.25, -0.2) is 4.79 Å². The van der Waals surface area contributed by atoms with Crippen molar-refractivity contribution < 1.29 is 9.53 Å². The molecule has 19 heavy (non-hydrogen) atoms. The number of amides is 1. The second-order valence-electron chi connectivity index (χ2n) is 6.49. The average Bonchev–Trinajstić information content (AvgIpc) is 2.15. The molecule has 1 aromatic carbocycles. The molecule has 0 unspecified atom stereocenters. The third-order valence-electron chi connectivity index (χ3n) is 2.26. The number of hydrogen-bond acceptors (Lipinski definition) is 3. The van der Waals surface area contributed by atoms with Crippen molar-refractivity contribution in [2.24, 2.45) is 5.73 Å². The van der Waals surface area contributed by atoms with E-state index in [1.165, 1.54) is 0 Å². The Bertz CT molecular complexity index is 425. The van der Waals surface area contributed by atoms with Crippen molar-refractivity contribution >= 4 is 11.8 Å². The number of anilines is 1. The fourth-order valence-corrected chi connectivity index (χ4v) is 1.65. The Hall–Kier alpha value is -1.55. The van der Waals surface area contributed by atoms with Crippen molar-refractivity contribution in [2.75, 3.05) is 5.32 Å². The summed E-state index contributed by atoms with van der Waals surface area (Å²) in [6.07, 6.45) is 0.346. The van der Waals surface area contributed by atoms with Crippen LogP contribution in [0.4, 0.5) is 10.5 Å². The van der Waals surface area contributed by atoms with Crippen LogP contribution in [0, 0.1) is 0 Å². The molecule has 3 N–H and O–H groups in total. The minimum absolute atomic E-state index is 0.236. The molecule has 0 atom stereocenters. The van der Waals surface area contributed by atoms with Gasteiger partial charge in [0.2, 0.25) is 0 Å². The monoisotopic (exact) mass is 264 g/mol. The van der Waals surface area contributed by atoms with Crippen LogP contribution >= 0.6 is 0 Å². The highest BCUT2D eigenvalue weighted by atomic mass is 16.6. The second kappa shape index (κ2) is 5.61. The molecule has 0 saturated carbocycles. The molecule has 106 valence electrons. The first-order chi connectivity index (χ1) is 8.55. The highest BCUT2D eigenvalue weighted by Crippen LogP contribution is 2.15. The summed E-state index contributed by atoms with van der Waals surface area (Å²) >= 11 is 0. The summed E-state index contributed by atoms with van der Waals surface area (Å²) in [4.78, 5) is 11.6. The zero-order chi connectivity index (χ0) is 14.7. The first kappa shape index (κ1) is 15.5. The number of rotatable bonds is 3. The summed E-state index contributed by atoms with van der Waals surface area (Å²) in [5.74, 6) is 0. The first-order valence-corrected chi connectivity index (χ1v) is 6.43. The molecule has 0 saturated heterocycles. The van der Waals surface area contributed by atoms with Gasteiger partial charge in [-0.15, -0.1) is 0 Å². The van der Waals surface area contributed by atoms with Crippen LogP contribution in [-0.4, -0.2) is 17.2 Å². The number of nitrogens with one attached hydrogen (secondary N) is 1. The fraction of sp³-hybridized carbons (Fsp3) is 0.533. The van der Waals surface area contributed by atoms with Crippen LogP contribution in [0.3, 0.4) is 0 Å². The van der Waals surface area contributed by atoms with E-state index in [1.807, 2.05) is 58.9 Å². The van der Waals surface area contributed by atoms with Crippen LogP contribution in [0.1, 0.15) is 40.2 Å². The van der Waals surface area contributed by atoms with E-state index in [1.54, 1.807) is 0 Å². The molecule has 4 heteroatoms. The van der Waals surface area contributed by atoms with Gasteiger partial charge in [0.1, 0.15) is 5.60 Å². The highest BCUT2D eigenvalue weighted by molar-refractivity contribution is 5.84. The van der Waals surface area contributed by atoms with Gasteiger partial charge in [0.05, 0.1) is 0 Å². The van der Waals surface area contributed by atoms with E-state index in [9.17, 15) is 4.79 Å². The Balaban J connectivity index is 2.60.